The van der Waals surface area contributed by atoms with E-state index in [9.17, 15) is 9.90 Å². The van der Waals surface area contributed by atoms with Crippen LogP contribution in [-0.4, -0.2) is 28.4 Å². The van der Waals surface area contributed by atoms with Crippen LogP contribution in [0.3, 0.4) is 0 Å². The van der Waals surface area contributed by atoms with Crippen LogP contribution in [0, 0.1) is 0 Å². The summed E-state index contributed by atoms with van der Waals surface area (Å²) in [5.74, 6) is 0. The lowest BCUT2D eigenvalue weighted by molar-refractivity contribution is -0.0420. The first-order valence-electron chi connectivity index (χ1n) is 5.87. The summed E-state index contributed by atoms with van der Waals surface area (Å²) in [7, 11) is 0. The van der Waals surface area contributed by atoms with Gasteiger partial charge in [-0.1, -0.05) is 22.8 Å². The molecular weight excluding hydrogens is 284 g/mol. The van der Waals surface area contributed by atoms with Crippen molar-refractivity contribution >= 4 is 23.4 Å². The van der Waals surface area contributed by atoms with E-state index in [0.29, 0.717) is 10.6 Å². The van der Waals surface area contributed by atoms with Crippen molar-refractivity contribution in [3.8, 4) is 0 Å². The third-order valence-electron chi connectivity index (χ3n) is 3.20. The van der Waals surface area contributed by atoms with Crippen molar-refractivity contribution in [1.82, 2.24) is 4.90 Å². The maximum atomic E-state index is 11.4. The Morgan fingerprint density at radius 2 is 2.35 bits per heavy atom. The van der Waals surface area contributed by atoms with Gasteiger partial charge in [-0.05, 0) is 37.1 Å². The Morgan fingerprint density at radius 3 is 2.95 bits per heavy atom. The van der Waals surface area contributed by atoms with Crippen LogP contribution in [0.4, 0.5) is 10.5 Å². The highest BCUT2D eigenvalue weighted by atomic mass is 35.5. The van der Waals surface area contributed by atoms with Gasteiger partial charge in [-0.15, -0.1) is 0 Å². The molecule has 1 atom stereocenters. The quantitative estimate of drug-likeness (QED) is 0.506. The van der Waals surface area contributed by atoms with Gasteiger partial charge in [0, 0.05) is 4.91 Å². The summed E-state index contributed by atoms with van der Waals surface area (Å²) in [6, 6.07) is 4.39. The Labute approximate surface area is 120 Å². The Bertz CT molecular complexity index is 598. The number of nitrogens with zero attached hydrogens (tertiary/aromatic N) is 4. The second kappa shape index (κ2) is 5.20. The number of hydrogen-bond acceptors (Lipinski definition) is 3. The number of amides is 1. The molecule has 0 spiro atoms. The number of rotatable bonds is 2. The van der Waals surface area contributed by atoms with Crippen LogP contribution in [0.25, 0.3) is 10.4 Å². The number of carboxylic acid groups (broad SMARTS) is 1. The minimum Gasteiger partial charge on any atom is -0.465 e. The summed E-state index contributed by atoms with van der Waals surface area (Å²) in [5, 5.41) is 13.1. The lowest BCUT2D eigenvalue weighted by atomic mass is 10.1. The van der Waals surface area contributed by atoms with Crippen LogP contribution < -0.4 is 0 Å². The van der Waals surface area contributed by atoms with Gasteiger partial charge in [-0.3, -0.25) is 4.90 Å². The molecule has 1 aromatic rings. The van der Waals surface area contributed by atoms with E-state index in [4.69, 9.17) is 21.9 Å². The standard InChI is InChI=1S/C12H13ClN4O3/c1-12(2)17(11(18)19)10(6-20-12)7-3-4-8(13)9(5-7)15-16-14/h3-5,10H,6H2,1-2H3,(H,18,19)/t10-/m1/s1. The summed E-state index contributed by atoms with van der Waals surface area (Å²) >= 11 is 5.91. The zero-order valence-electron chi connectivity index (χ0n) is 10.9. The molecule has 0 aromatic heterocycles. The van der Waals surface area contributed by atoms with Gasteiger partial charge in [0.25, 0.3) is 0 Å². The summed E-state index contributed by atoms with van der Waals surface area (Å²) in [5.41, 5.74) is 8.52. The third-order valence-corrected chi connectivity index (χ3v) is 3.52. The molecule has 1 aromatic carbocycles. The Kier molecular flexibility index (Phi) is 3.76. The smallest absolute Gasteiger partial charge is 0.410 e. The average Bonchev–Trinajstić information content (AvgIpc) is 2.68. The molecule has 20 heavy (non-hydrogen) atoms. The number of benzene rings is 1. The van der Waals surface area contributed by atoms with Crippen molar-refractivity contribution in [2.45, 2.75) is 25.6 Å². The van der Waals surface area contributed by atoms with E-state index in [1.165, 1.54) is 4.90 Å². The maximum absolute atomic E-state index is 11.4. The first-order valence-corrected chi connectivity index (χ1v) is 6.25. The zero-order chi connectivity index (χ0) is 14.9. The van der Waals surface area contributed by atoms with Crippen LogP contribution in [0.1, 0.15) is 25.5 Å². The molecule has 0 aliphatic carbocycles. The van der Waals surface area contributed by atoms with E-state index in [-0.39, 0.29) is 12.3 Å². The highest BCUT2D eigenvalue weighted by Gasteiger charge is 2.44. The predicted molar refractivity (Wildman–Crippen MR) is 72.9 cm³/mol. The van der Waals surface area contributed by atoms with Crippen molar-refractivity contribution in [3.63, 3.8) is 0 Å². The molecule has 1 heterocycles. The SMILES string of the molecule is CC1(C)OC[C@H](c2ccc(Cl)c(N=[N+]=[N-])c2)N1C(=O)O. The molecule has 2 rings (SSSR count). The summed E-state index contributed by atoms with van der Waals surface area (Å²) in [6.45, 7) is 3.60. The lowest BCUT2D eigenvalue weighted by Crippen LogP contribution is -2.43. The minimum absolute atomic E-state index is 0.233. The molecular formula is C12H13ClN4O3. The van der Waals surface area contributed by atoms with Gasteiger partial charge < -0.3 is 9.84 Å². The Morgan fingerprint density at radius 1 is 1.65 bits per heavy atom. The maximum Gasteiger partial charge on any atom is 0.410 e. The molecule has 1 fully saturated rings. The molecule has 7 nitrogen and oxygen atoms in total. The fourth-order valence-electron chi connectivity index (χ4n) is 2.27. The summed E-state index contributed by atoms with van der Waals surface area (Å²) in [4.78, 5) is 15.3. The van der Waals surface area contributed by atoms with E-state index in [1.807, 2.05) is 0 Å². The van der Waals surface area contributed by atoms with E-state index in [0.717, 1.165) is 0 Å². The summed E-state index contributed by atoms with van der Waals surface area (Å²) < 4.78 is 5.52. The van der Waals surface area contributed by atoms with Crippen molar-refractivity contribution < 1.29 is 14.6 Å². The fourth-order valence-corrected chi connectivity index (χ4v) is 2.43. The molecule has 1 aliphatic heterocycles. The van der Waals surface area contributed by atoms with Gasteiger partial charge in [-0.2, -0.15) is 0 Å². The van der Waals surface area contributed by atoms with E-state index >= 15 is 0 Å². The Balaban J connectivity index is 2.43. The highest BCUT2D eigenvalue weighted by molar-refractivity contribution is 6.33. The van der Waals surface area contributed by atoms with Crippen molar-refractivity contribution in [3.05, 3.63) is 39.2 Å². The van der Waals surface area contributed by atoms with E-state index in [2.05, 4.69) is 10.0 Å². The topological polar surface area (TPSA) is 98.5 Å². The number of azide groups is 1. The van der Waals surface area contributed by atoms with Gasteiger partial charge in [0.2, 0.25) is 0 Å². The lowest BCUT2D eigenvalue weighted by Gasteiger charge is -2.31. The Hall–Kier alpha value is -1.95. The fraction of sp³-hybridized carbons (Fsp3) is 0.417. The van der Waals surface area contributed by atoms with Crippen LogP contribution in [0.2, 0.25) is 5.02 Å². The molecule has 0 saturated carbocycles. The van der Waals surface area contributed by atoms with E-state index < -0.39 is 17.9 Å². The van der Waals surface area contributed by atoms with Crippen LogP contribution in [-0.2, 0) is 4.74 Å². The van der Waals surface area contributed by atoms with Gasteiger partial charge in [-0.25, -0.2) is 4.79 Å². The highest BCUT2D eigenvalue weighted by Crippen LogP contribution is 2.39. The second-order valence-corrected chi connectivity index (χ2v) is 5.23. The predicted octanol–water partition coefficient (Wildman–Crippen LogP) is 4.07. The molecule has 1 N–H and O–H groups in total. The van der Waals surface area contributed by atoms with Crippen LogP contribution in [0.15, 0.2) is 23.3 Å². The molecule has 0 unspecified atom stereocenters. The number of hydrogen-bond donors (Lipinski definition) is 1. The van der Waals surface area contributed by atoms with Crippen molar-refractivity contribution in [2.75, 3.05) is 6.61 Å². The normalized spacial score (nSPS) is 20.6. The molecule has 1 amide bonds. The molecule has 1 aliphatic rings. The monoisotopic (exact) mass is 296 g/mol. The van der Waals surface area contributed by atoms with Crippen LogP contribution >= 0.6 is 11.6 Å². The number of halogens is 1. The van der Waals surface area contributed by atoms with Crippen LogP contribution in [0.5, 0.6) is 0 Å². The molecule has 1 saturated heterocycles. The minimum atomic E-state index is -1.07. The summed E-state index contributed by atoms with van der Waals surface area (Å²) in [6.07, 6.45) is -1.07. The first kappa shape index (κ1) is 14.5. The largest absolute Gasteiger partial charge is 0.465 e. The van der Waals surface area contributed by atoms with E-state index in [1.54, 1.807) is 32.0 Å². The average molecular weight is 297 g/mol. The number of carbonyl (C=O) groups is 1. The molecule has 0 bridgehead atoms. The van der Waals surface area contributed by atoms with Crippen molar-refractivity contribution in [2.24, 2.45) is 5.11 Å². The number of ether oxygens (including phenoxy) is 1. The van der Waals surface area contributed by atoms with Crippen molar-refractivity contribution in [1.29, 1.82) is 0 Å². The third kappa shape index (κ3) is 2.51. The van der Waals surface area contributed by atoms with Gasteiger partial charge in [0.15, 0.2) is 0 Å². The van der Waals surface area contributed by atoms with Gasteiger partial charge in [0.1, 0.15) is 5.72 Å². The zero-order valence-corrected chi connectivity index (χ0v) is 11.7. The molecule has 0 radical (unpaired) electrons. The molecule has 8 heteroatoms. The first-order chi connectivity index (χ1) is 9.36. The van der Waals surface area contributed by atoms with Gasteiger partial charge >= 0.3 is 6.09 Å². The van der Waals surface area contributed by atoms with Gasteiger partial charge in [0.05, 0.1) is 23.4 Å². The second-order valence-electron chi connectivity index (χ2n) is 4.83. The molecule has 106 valence electrons.